The molecule has 0 aliphatic carbocycles. The molecule has 0 aromatic heterocycles. The summed E-state index contributed by atoms with van der Waals surface area (Å²) >= 11 is 0. The Morgan fingerprint density at radius 1 is 1.14 bits per heavy atom. The van der Waals surface area contributed by atoms with E-state index in [0.717, 1.165) is 18.4 Å². The summed E-state index contributed by atoms with van der Waals surface area (Å²) < 4.78 is 22.8. The van der Waals surface area contributed by atoms with Crippen molar-refractivity contribution in [3.8, 4) is 0 Å². The normalized spacial score (nSPS) is 12.7. The van der Waals surface area contributed by atoms with Crippen molar-refractivity contribution in [1.82, 2.24) is 10.6 Å². The highest BCUT2D eigenvalue weighted by Gasteiger charge is 2.11. The summed E-state index contributed by atoms with van der Waals surface area (Å²) in [4.78, 5) is 12.0. The monoisotopic (exact) mass is 326 g/mol. The highest BCUT2D eigenvalue weighted by atomic mass is 32.2. The van der Waals surface area contributed by atoms with E-state index < -0.39 is 9.84 Å². The molecule has 0 aliphatic heterocycles. The number of rotatable bonds is 8. The van der Waals surface area contributed by atoms with Crippen LogP contribution in [0, 0.1) is 0 Å². The maximum Gasteiger partial charge on any atom is 0.315 e. The quantitative estimate of drug-likeness (QED) is 0.721. The van der Waals surface area contributed by atoms with E-state index in [9.17, 15) is 13.2 Å². The minimum absolute atomic E-state index is 0.177. The summed E-state index contributed by atoms with van der Waals surface area (Å²) in [5.74, 6) is 0. The van der Waals surface area contributed by atoms with Crippen LogP contribution in [0.15, 0.2) is 29.2 Å². The zero-order valence-corrected chi connectivity index (χ0v) is 14.4. The van der Waals surface area contributed by atoms with Crippen LogP contribution in [0.5, 0.6) is 0 Å². The Balaban J connectivity index is 2.44. The van der Waals surface area contributed by atoms with Gasteiger partial charge < -0.3 is 10.6 Å². The molecule has 0 aliphatic rings. The molecule has 0 heterocycles. The molecule has 124 valence electrons. The number of carbonyl (C=O) groups excluding carboxylic acids is 1. The molecular weight excluding hydrogens is 300 g/mol. The smallest absolute Gasteiger partial charge is 0.315 e. The largest absolute Gasteiger partial charge is 0.338 e. The zero-order valence-electron chi connectivity index (χ0n) is 13.6. The maximum absolute atomic E-state index is 11.8. The Hall–Kier alpha value is -1.56. The van der Waals surface area contributed by atoms with Crippen LogP contribution in [0.2, 0.25) is 0 Å². The third kappa shape index (κ3) is 6.47. The molecule has 0 spiro atoms. The lowest BCUT2D eigenvalue weighted by molar-refractivity contribution is 0.237. The second-order valence-corrected chi connectivity index (χ2v) is 7.54. The molecule has 1 aromatic rings. The standard InChI is InChI=1S/C16H26N2O3S/c1-4-5-6-7-12-17-16(19)18-13(2)14-8-10-15(11-9-14)22(3,20)21/h8-11,13H,4-7,12H2,1-3H3,(H2,17,18,19). The van der Waals surface area contributed by atoms with Gasteiger partial charge in [-0.05, 0) is 31.0 Å². The van der Waals surface area contributed by atoms with Gasteiger partial charge in [-0.15, -0.1) is 0 Å². The fourth-order valence-electron chi connectivity index (χ4n) is 2.09. The highest BCUT2D eigenvalue weighted by molar-refractivity contribution is 7.90. The minimum atomic E-state index is -3.19. The first-order chi connectivity index (χ1) is 10.3. The van der Waals surface area contributed by atoms with Crippen LogP contribution in [0.3, 0.4) is 0 Å². The number of hydrogen-bond donors (Lipinski definition) is 2. The van der Waals surface area contributed by atoms with Crippen LogP contribution in [0.4, 0.5) is 4.79 Å². The molecule has 0 saturated carbocycles. The van der Waals surface area contributed by atoms with Crippen LogP contribution < -0.4 is 10.6 Å². The summed E-state index contributed by atoms with van der Waals surface area (Å²) in [6, 6.07) is 6.20. The van der Waals surface area contributed by atoms with Crippen molar-refractivity contribution in [3.63, 3.8) is 0 Å². The van der Waals surface area contributed by atoms with E-state index in [4.69, 9.17) is 0 Å². The highest BCUT2D eigenvalue weighted by Crippen LogP contribution is 2.16. The first-order valence-electron chi connectivity index (χ1n) is 7.69. The van der Waals surface area contributed by atoms with E-state index >= 15 is 0 Å². The first-order valence-corrected chi connectivity index (χ1v) is 9.58. The van der Waals surface area contributed by atoms with Gasteiger partial charge in [-0.25, -0.2) is 13.2 Å². The number of carbonyl (C=O) groups is 1. The van der Waals surface area contributed by atoms with E-state index in [1.807, 2.05) is 6.92 Å². The Bertz CT molecular complexity index is 568. The van der Waals surface area contributed by atoms with Crippen LogP contribution in [-0.4, -0.2) is 27.2 Å². The predicted molar refractivity (Wildman–Crippen MR) is 88.6 cm³/mol. The molecule has 0 radical (unpaired) electrons. The fourth-order valence-corrected chi connectivity index (χ4v) is 2.72. The summed E-state index contributed by atoms with van der Waals surface area (Å²) in [5, 5.41) is 5.68. The van der Waals surface area contributed by atoms with Crippen LogP contribution in [0.25, 0.3) is 0 Å². The second-order valence-electron chi connectivity index (χ2n) is 5.52. The van der Waals surface area contributed by atoms with Gasteiger partial charge >= 0.3 is 6.03 Å². The molecule has 2 amide bonds. The van der Waals surface area contributed by atoms with E-state index in [1.54, 1.807) is 24.3 Å². The van der Waals surface area contributed by atoms with Gasteiger partial charge in [-0.3, -0.25) is 0 Å². The van der Waals surface area contributed by atoms with Gasteiger partial charge in [0.05, 0.1) is 10.9 Å². The maximum atomic E-state index is 11.8. The molecule has 6 heteroatoms. The van der Waals surface area contributed by atoms with E-state index in [2.05, 4.69) is 17.6 Å². The molecule has 1 rings (SSSR count). The van der Waals surface area contributed by atoms with Crippen molar-refractivity contribution >= 4 is 15.9 Å². The topological polar surface area (TPSA) is 75.3 Å². The number of benzene rings is 1. The number of hydrogen-bond acceptors (Lipinski definition) is 3. The Labute approximate surface area is 133 Å². The molecule has 22 heavy (non-hydrogen) atoms. The minimum Gasteiger partial charge on any atom is -0.338 e. The third-order valence-corrected chi connectivity index (χ3v) is 4.60. The summed E-state index contributed by atoms with van der Waals surface area (Å²) in [6.45, 7) is 4.69. The van der Waals surface area contributed by atoms with Crippen molar-refractivity contribution in [2.75, 3.05) is 12.8 Å². The summed E-state index contributed by atoms with van der Waals surface area (Å²) in [5.41, 5.74) is 0.869. The number of urea groups is 1. The summed E-state index contributed by atoms with van der Waals surface area (Å²) in [6.07, 6.45) is 5.65. The number of sulfone groups is 1. The molecular formula is C16H26N2O3S. The van der Waals surface area contributed by atoms with Crippen LogP contribution in [0.1, 0.15) is 51.1 Å². The van der Waals surface area contributed by atoms with Crippen molar-refractivity contribution in [2.45, 2.75) is 50.5 Å². The van der Waals surface area contributed by atoms with Gasteiger partial charge in [-0.1, -0.05) is 38.3 Å². The van der Waals surface area contributed by atoms with E-state index in [1.165, 1.54) is 19.1 Å². The van der Waals surface area contributed by atoms with Gasteiger partial charge in [0, 0.05) is 12.8 Å². The van der Waals surface area contributed by atoms with Gasteiger partial charge in [0.25, 0.3) is 0 Å². The lowest BCUT2D eigenvalue weighted by Crippen LogP contribution is -2.37. The Kier molecular flexibility index (Phi) is 7.38. The molecule has 5 nitrogen and oxygen atoms in total. The predicted octanol–water partition coefficient (Wildman–Crippen LogP) is 3.03. The lowest BCUT2D eigenvalue weighted by Gasteiger charge is -2.15. The lowest BCUT2D eigenvalue weighted by atomic mass is 10.1. The molecule has 1 unspecified atom stereocenters. The van der Waals surface area contributed by atoms with E-state index in [0.29, 0.717) is 6.54 Å². The SMILES string of the molecule is CCCCCCNC(=O)NC(C)c1ccc(S(C)(=O)=O)cc1. The van der Waals surface area contributed by atoms with Crippen molar-refractivity contribution in [1.29, 1.82) is 0 Å². The van der Waals surface area contributed by atoms with Crippen molar-refractivity contribution in [3.05, 3.63) is 29.8 Å². The van der Waals surface area contributed by atoms with Crippen LogP contribution in [-0.2, 0) is 9.84 Å². The Morgan fingerprint density at radius 2 is 1.77 bits per heavy atom. The zero-order chi connectivity index (χ0) is 16.6. The molecule has 1 atom stereocenters. The average molecular weight is 326 g/mol. The third-order valence-electron chi connectivity index (χ3n) is 3.47. The van der Waals surface area contributed by atoms with Gasteiger partial charge in [-0.2, -0.15) is 0 Å². The average Bonchev–Trinajstić information content (AvgIpc) is 2.46. The number of nitrogens with one attached hydrogen (secondary N) is 2. The fraction of sp³-hybridized carbons (Fsp3) is 0.562. The molecule has 0 bridgehead atoms. The molecule has 1 aromatic carbocycles. The van der Waals surface area contributed by atoms with Crippen molar-refractivity contribution < 1.29 is 13.2 Å². The summed E-state index contributed by atoms with van der Waals surface area (Å²) in [7, 11) is -3.19. The number of amides is 2. The van der Waals surface area contributed by atoms with E-state index in [-0.39, 0.29) is 17.0 Å². The van der Waals surface area contributed by atoms with Crippen LogP contribution >= 0.6 is 0 Å². The van der Waals surface area contributed by atoms with Gasteiger partial charge in [0.15, 0.2) is 9.84 Å². The second kappa shape index (κ2) is 8.78. The molecule has 0 saturated heterocycles. The first kappa shape index (κ1) is 18.5. The van der Waals surface area contributed by atoms with Gasteiger partial charge in [0.2, 0.25) is 0 Å². The van der Waals surface area contributed by atoms with Crippen molar-refractivity contribution in [2.24, 2.45) is 0 Å². The molecule has 0 fully saturated rings. The Morgan fingerprint density at radius 3 is 2.32 bits per heavy atom. The van der Waals surface area contributed by atoms with Gasteiger partial charge in [0.1, 0.15) is 0 Å². The number of unbranched alkanes of at least 4 members (excludes halogenated alkanes) is 3. The molecule has 2 N–H and O–H groups in total.